The number of aryl methyl sites for hydroxylation is 1. The molecule has 1 fully saturated rings. The number of nitrogens with one attached hydrogen (secondary N) is 1. The summed E-state index contributed by atoms with van der Waals surface area (Å²) in [5.74, 6) is -0.578. The number of nitrogens with zero attached hydrogens (tertiary/aromatic N) is 2. The minimum Gasteiger partial charge on any atom is -0.465 e. The monoisotopic (exact) mass is 393 g/mol. The van der Waals surface area contributed by atoms with Gasteiger partial charge in [0.25, 0.3) is 0 Å². The molecule has 1 amide bonds. The van der Waals surface area contributed by atoms with Gasteiger partial charge in [-0.15, -0.1) is 0 Å². The van der Waals surface area contributed by atoms with Crippen molar-refractivity contribution in [2.24, 2.45) is 0 Å². The molecule has 152 valence electrons. The van der Waals surface area contributed by atoms with E-state index in [2.05, 4.69) is 39.0 Å². The van der Waals surface area contributed by atoms with E-state index in [1.807, 2.05) is 13.0 Å². The molecule has 2 aromatic carbocycles. The molecule has 3 rings (SSSR count). The molecule has 0 radical (unpaired) electrons. The van der Waals surface area contributed by atoms with E-state index in [9.17, 15) is 9.59 Å². The van der Waals surface area contributed by atoms with Crippen molar-refractivity contribution in [1.29, 1.82) is 0 Å². The summed E-state index contributed by atoms with van der Waals surface area (Å²) >= 11 is 0. The molecule has 1 aliphatic rings. The average molecular weight is 393 g/mol. The van der Waals surface area contributed by atoms with Gasteiger partial charge in [-0.2, -0.15) is 0 Å². The number of carbonyl (C=O) groups is 2. The molecule has 0 saturated carbocycles. The molecule has 2 aromatic rings. The molecule has 6 nitrogen and oxygen atoms in total. The van der Waals surface area contributed by atoms with Crippen molar-refractivity contribution in [2.75, 3.05) is 50.6 Å². The van der Waals surface area contributed by atoms with Crippen LogP contribution in [-0.2, 0) is 9.53 Å². The third-order valence-corrected chi connectivity index (χ3v) is 5.10. The third kappa shape index (κ3) is 5.45. The lowest BCUT2D eigenvalue weighted by Gasteiger charge is -2.34. The normalized spacial score (nSPS) is 14.8. The van der Waals surface area contributed by atoms with Crippen LogP contribution in [0.1, 0.15) is 21.5 Å². The number of esters is 1. The smallest absolute Gasteiger partial charge is 0.337 e. The number of ether oxygens (including phenoxy) is 1. The molecular weight excluding hydrogens is 366 g/mol. The first-order valence-electron chi connectivity index (χ1n) is 9.68. The predicted molar refractivity (Wildman–Crippen MR) is 116 cm³/mol. The van der Waals surface area contributed by atoms with Gasteiger partial charge in [0.05, 0.1) is 12.7 Å². The van der Waals surface area contributed by atoms with Gasteiger partial charge >= 0.3 is 5.97 Å². The Kier molecular flexibility index (Phi) is 6.67. The van der Waals surface area contributed by atoms with Crippen LogP contribution in [-0.4, -0.2) is 57.1 Å². The van der Waals surface area contributed by atoms with E-state index in [-0.39, 0.29) is 11.9 Å². The molecule has 29 heavy (non-hydrogen) atoms. The molecule has 1 heterocycles. The Hall–Kier alpha value is -3.12. The second-order valence-electron chi connectivity index (χ2n) is 7.23. The van der Waals surface area contributed by atoms with Crippen LogP contribution in [0.2, 0.25) is 0 Å². The van der Waals surface area contributed by atoms with Crippen LogP contribution < -0.4 is 10.2 Å². The molecule has 0 aliphatic carbocycles. The zero-order chi connectivity index (χ0) is 20.8. The molecule has 0 spiro atoms. The van der Waals surface area contributed by atoms with E-state index in [4.69, 9.17) is 0 Å². The maximum atomic E-state index is 12.3. The van der Waals surface area contributed by atoms with E-state index < -0.39 is 0 Å². The number of methoxy groups -OCH3 is 1. The molecule has 0 bridgehead atoms. The lowest BCUT2D eigenvalue weighted by Crippen LogP contribution is -2.44. The van der Waals surface area contributed by atoms with Gasteiger partial charge in [0.1, 0.15) is 0 Å². The first kappa shape index (κ1) is 20.6. The van der Waals surface area contributed by atoms with Crippen LogP contribution in [0.4, 0.5) is 11.4 Å². The van der Waals surface area contributed by atoms with Crippen molar-refractivity contribution < 1.29 is 14.3 Å². The first-order chi connectivity index (χ1) is 14.0. The highest BCUT2D eigenvalue weighted by Gasteiger charge is 2.15. The molecule has 1 saturated heterocycles. The number of amides is 1. The van der Waals surface area contributed by atoms with E-state index in [0.717, 1.165) is 43.0 Å². The summed E-state index contributed by atoms with van der Waals surface area (Å²) in [6.07, 6.45) is 3.20. The second kappa shape index (κ2) is 9.39. The van der Waals surface area contributed by atoms with Gasteiger partial charge < -0.3 is 19.9 Å². The van der Waals surface area contributed by atoms with E-state index >= 15 is 0 Å². The molecule has 0 unspecified atom stereocenters. The maximum absolute atomic E-state index is 12.3. The van der Waals surface area contributed by atoms with E-state index in [0.29, 0.717) is 5.56 Å². The Morgan fingerprint density at radius 3 is 2.34 bits per heavy atom. The molecule has 0 aromatic heterocycles. The molecule has 6 heteroatoms. The van der Waals surface area contributed by atoms with Crippen molar-refractivity contribution in [3.05, 3.63) is 65.2 Å². The Bertz CT molecular complexity index is 898. The van der Waals surface area contributed by atoms with Crippen molar-refractivity contribution in [1.82, 2.24) is 4.90 Å². The van der Waals surface area contributed by atoms with Crippen LogP contribution in [0.25, 0.3) is 6.08 Å². The average Bonchev–Trinajstić information content (AvgIpc) is 2.74. The predicted octanol–water partition coefficient (Wildman–Crippen LogP) is 3.19. The fraction of sp³-hybridized carbons (Fsp3) is 0.304. The van der Waals surface area contributed by atoms with Crippen LogP contribution in [0, 0.1) is 6.92 Å². The maximum Gasteiger partial charge on any atom is 0.337 e. The summed E-state index contributed by atoms with van der Waals surface area (Å²) in [5, 5.41) is 2.93. The molecule has 1 N–H and O–H groups in total. The number of hydrogen-bond acceptors (Lipinski definition) is 5. The summed E-state index contributed by atoms with van der Waals surface area (Å²) in [6, 6.07) is 13.0. The summed E-state index contributed by atoms with van der Waals surface area (Å²) in [6.45, 7) is 6.15. The quantitative estimate of drug-likeness (QED) is 0.624. The summed E-state index contributed by atoms with van der Waals surface area (Å²) < 4.78 is 4.68. The van der Waals surface area contributed by atoms with Gasteiger partial charge in [-0.1, -0.05) is 12.1 Å². The number of anilines is 2. The zero-order valence-corrected chi connectivity index (χ0v) is 17.1. The molecule has 0 atom stereocenters. The summed E-state index contributed by atoms with van der Waals surface area (Å²) in [7, 11) is 3.49. The number of piperazine rings is 1. The molecular formula is C23H27N3O3. The minimum atomic E-state index is -0.381. The van der Waals surface area contributed by atoms with Gasteiger partial charge in [-0.05, 0) is 61.5 Å². The first-order valence-corrected chi connectivity index (χ1v) is 9.68. The minimum absolute atomic E-state index is 0.197. The van der Waals surface area contributed by atoms with Gasteiger partial charge in [0.15, 0.2) is 0 Å². The van der Waals surface area contributed by atoms with Crippen LogP contribution in [0.5, 0.6) is 0 Å². The van der Waals surface area contributed by atoms with Crippen LogP contribution in [0.3, 0.4) is 0 Å². The van der Waals surface area contributed by atoms with Gasteiger partial charge in [0.2, 0.25) is 5.91 Å². The van der Waals surface area contributed by atoms with Gasteiger partial charge in [0, 0.05) is 43.6 Å². The van der Waals surface area contributed by atoms with Crippen LogP contribution in [0.15, 0.2) is 48.5 Å². The van der Waals surface area contributed by atoms with E-state index in [1.54, 1.807) is 30.3 Å². The third-order valence-electron chi connectivity index (χ3n) is 5.10. The number of benzene rings is 2. The van der Waals surface area contributed by atoms with Crippen molar-refractivity contribution in [3.8, 4) is 0 Å². The standard InChI is InChI=1S/C23H27N3O3/c1-17-16-20(26-14-12-25(2)13-15-26)9-10-21(17)24-22(27)11-6-18-4-7-19(8-5-18)23(28)29-3/h4-11,16H,12-15H2,1-3H3,(H,24,27)/b11-6+. The number of likely N-dealkylation sites (N-methyl/N-ethyl adjacent to an activating group) is 1. The number of carbonyl (C=O) groups excluding carboxylic acids is 2. The second-order valence-corrected chi connectivity index (χ2v) is 7.23. The Morgan fingerprint density at radius 1 is 1.03 bits per heavy atom. The van der Waals surface area contributed by atoms with Crippen LogP contribution >= 0.6 is 0 Å². The highest BCUT2D eigenvalue weighted by atomic mass is 16.5. The largest absolute Gasteiger partial charge is 0.465 e. The lowest BCUT2D eigenvalue weighted by molar-refractivity contribution is -0.111. The van der Waals surface area contributed by atoms with E-state index in [1.165, 1.54) is 18.9 Å². The zero-order valence-electron chi connectivity index (χ0n) is 17.1. The van der Waals surface area contributed by atoms with Gasteiger partial charge in [-0.3, -0.25) is 4.79 Å². The summed E-state index contributed by atoms with van der Waals surface area (Å²) in [5.41, 5.74) is 4.33. The molecule has 1 aliphatic heterocycles. The number of hydrogen-bond donors (Lipinski definition) is 1. The number of rotatable bonds is 5. The fourth-order valence-corrected chi connectivity index (χ4v) is 3.24. The lowest BCUT2D eigenvalue weighted by atomic mass is 10.1. The topological polar surface area (TPSA) is 61.9 Å². The Morgan fingerprint density at radius 2 is 1.72 bits per heavy atom. The Labute approximate surface area is 171 Å². The van der Waals surface area contributed by atoms with Crippen molar-refractivity contribution >= 4 is 29.3 Å². The SMILES string of the molecule is COC(=O)c1ccc(/C=C/C(=O)Nc2ccc(N3CCN(C)CC3)cc2C)cc1. The van der Waals surface area contributed by atoms with Crippen molar-refractivity contribution in [3.63, 3.8) is 0 Å². The summed E-state index contributed by atoms with van der Waals surface area (Å²) in [4.78, 5) is 28.4. The van der Waals surface area contributed by atoms with Gasteiger partial charge in [-0.25, -0.2) is 4.79 Å². The Balaban J connectivity index is 1.60. The fourth-order valence-electron chi connectivity index (χ4n) is 3.24. The highest BCUT2D eigenvalue weighted by molar-refractivity contribution is 6.02. The van der Waals surface area contributed by atoms with Crippen molar-refractivity contribution in [2.45, 2.75) is 6.92 Å². The highest BCUT2D eigenvalue weighted by Crippen LogP contribution is 2.23.